The summed E-state index contributed by atoms with van der Waals surface area (Å²) in [6, 6.07) is 13.4. The van der Waals surface area contributed by atoms with Crippen LogP contribution in [0.4, 0.5) is 17.1 Å². The minimum atomic E-state index is 0.271. The lowest BCUT2D eigenvalue weighted by atomic mass is 10.1. The van der Waals surface area contributed by atoms with Gasteiger partial charge in [0.1, 0.15) is 0 Å². The van der Waals surface area contributed by atoms with Gasteiger partial charge in [-0.25, -0.2) is 0 Å². The maximum atomic E-state index is 5.97. The molecule has 0 unspecified atom stereocenters. The molecule has 0 saturated carbocycles. The summed E-state index contributed by atoms with van der Waals surface area (Å²) in [5, 5.41) is 4.35. The molecule has 0 spiro atoms. The van der Waals surface area contributed by atoms with E-state index >= 15 is 0 Å². The third-order valence-corrected chi connectivity index (χ3v) is 3.45. The smallest absolute Gasteiger partial charge is 0.231 e. The van der Waals surface area contributed by atoms with Crippen LogP contribution in [0.5, 0.6) is 11.5 Å². The molecule has 3 N–H and O–H groups in total. The Balaban J connectivity index is 1.76. The van der Waals surface area contributed by atoms with Gasteiger partial charge in [-0.3, -0.25) is 4.98 Å². The van der Waals surface area contributed by atoms with Crippen LogP contribution in [-0.4, -0.2) is 11.8 Å². The summed E-state index contributed by atoms with van der Waals surface area (Å²) in [7, 11) is 0. The molecule has 0 saturated heterocycles. The van der Waals surface area contributed by atoms with Crippen LogP contribution in [-0.2, 0) is 0 Å². The first-order valence-electron chi connectivity index (χ1n) is 6.61. The topological polar surface area (TPSA) is 69.4 Å². The van der Waals surface area contributed by atoms with Gasteiger partial charge in [0.25, 0.3) is 0 Å². The molecular formula is C16H13N3O2. The Morgan fingerprint density at radius 3 is 2.90 bits per heavy atom. The van der Waals surface area contributed by atoms with Crippen molar-refractivity contribution < 1.29 is 9.47 Å². The predicted molar refractivity (Wildman–Crippen MR) is 82.0 cm³/mol. The quantitative estimate of drug-likeness (QED) is 0.704. The predicted octanol–water partition coefficient (Wildman–Crippen LogP) is 3.29. The van der Waals surface area contributed by atoms with Gasteiger partial charge < -0.3 is 20.5 Å². The highest BCUT2D eigenvalue weighted by atomic mass is 16.7. The van der Waals surface area contributed by atoms with E-state index in [1.54, 1.807) is 6.20 Å². The molecule has 1 aromatic heterocycles. The van der Waals surface area contributed by atoms with Crippen LogP contribution in [0.2, 0.25) is 0 Å². The highest BCUT2D eigenvalue weighted by molar-refractivity contribution is 5.99. The van der Waals surface area contributed by atoms with Crippen LogP contribution in [0, 0.1) is 0 Å². The van der Waals surface area contributed by atoms with Gasteiger partial charge in [0, 0.05) is 29.0 Å². The number of nitrogens with zero attached hydrogens (tertiary/aromatic N) is 1. The van der Waals surface area contributed by atoms with E-state index in [1.807, 2.05) is 42.5 Å². The lowest BCUT2D eigenvalue weighted by molar-refractivity contribution is 0.174. The molecule has 2 aromatic carbocycles. The number of pyridine rings is 1. The van der Waals surface area contributed by atoms with Crippen molar-refractivity contribution in [2.75, 3.05) is 17.8 Å². The molecular weight excluding hydrogens is 266 g/mol. The maximum absolute atomic E-state index is 5.97. The number of ether oxygens (including phenoxy) is 2. The number of anilines is 3. The number of hydrogen-bond donors (Lipinski definition) is 2. The van der Waals surface area contributed by atoms with E-state index in [9.17, 15) is 0 Å². The Labute approximate surface area is 121 Å². The van der Waals surface area contributed by atoms with Crippen molar-refractivity contribution in [3.8, 4) is 11.5 Å². The summed E-state index contributed by atoms with van der Waals surface area (Å²) in [4.78, 5) is 4.33. The Kier molecular flexibility index (Phi) is 2.57. The SMILES string of the molecule is Nc1ccc(Nc2ccc3c(c2)OCO3)c2cccnc12. The first-order valence-corrected chi connectivity index (χ1v) is 6.61. The molecule has 3 aromatic rings. The summed E-state index contributed by atoms with van der Waals surface area (Å²) in [5.41, 5.74) is 9.30. The summed E-state index contributed by atoms with van der Waals surface area (Å²) in [6.45, 7) is 0.271. The number of nitrogens with one attached hydrogen (secondary N) is 1. The lowest BCUT2D eigenvalue weighted by Gasteiger charge is -2.11. The third-order valence-electron chi connectivity index (χ3n) is 3.45. The average Bonchev–Trinajstić information content (AvgIpc) is 2.98. The van der Waals surface area contributed by atoms with E-state index in [2.05, 4.69) is 10.3 Å². The molecule has 0 amide bonds. The minimum absolute atomic E-state index is 0.271. The largest absolute Gasteiger partial charge is 0.454 e. The fourth-order valence-corrected chi connectivity index (χ4v) is 2.43. The van der Waals surface area contributed by atoms with Crippen molar-refractivity contribution >= 4 is 28.0 Å². The number of nitrogens with two attached hydrogens (primary N) is 1. The van der Waals surface area contributed by atoms with Crippen LogP contribution in [0.15, 0.2) is 48.7 Å². The van der Waals surface area contributed by atoms with Crippen LogP contribution in [0.25, 0.3) is 10.9 Å². The summed E-state index contributed by atoms with van der Waals surface area (Å²) in [6.07, 6.45) is 1.74. The zero-order valence-corrected chi connectivity index (χ0v) is 11.2. The maximum Gasteiger partial charge on any atom is 0.231 e. The van der Waals surface area contributed by atoms with Crippen LogP contribution < -0.4 is 20.5 Å². The van der Waals surface area contributed by atoms with Crippen molar-refractivity contribution in [2.24, 2.45) is 0 Å². The van der Waals surface area contributed by atoms with Crippen molar-refractivity contribution in [3.05, 3.63) is 48.7 Å². The van der Waals surface area contributed by atoms with Gasteiger partial charge in [0.05, 0.1) is 11.2 Å². The molecule has 0 fully saturated rings. The summed E-state index contributed by atoms with van der Waals surface area (Å²) >= 11 is 0. The first kappa shape index (κ1) is 11.8. The summed E-state index contributed by atoms with van der Waals surface area (Å²) < 4.78 is 10.7. The fraction of sp³-hybridized carbons (Fsp3) is 0.0625. The molecule has 104 valence electrons. The van der Waals surface area contributed by atoms with Crippen LogP contribution in [0.3, 0.4) is 0 Å². The Bertz CT molecular complexity index is 833. The number of benzene rings is 2. The summed E-state index contributed by atoms with van der Waals surface area (Å²) in [5.74, 6) is 1.52. The monoisotopic (exact) mass is 279 g/mol. The van der Waals surface area contributed by atoms with Gasteiger partial charge in [-0.15, -0.1) is 0 Å². The second-order valence-corrected chi connectivity index (χ2v) is 4.79. The second kappa shape index (κ2) is 4.56. The third kappa shape index (κ3) is 1.99. The number of hydrogen-bond acceptors (Lipinski definition) is 5. The highest BCUT2D eigenvalue weighted by Crippen LogP contribution is 2.36. The zero-order chi connectivity index (χ0) is 14.2. The molecule has 5 nitrogen and oxygen atoms in total. The molecule has 21 heavy (non-hydrogen) atoms. The second-order valence-electron chi connectivity index (χ2n) is 4.79. The van der Waals surface area contributed by atoms with E-state index in [0.29, 0.717) is 5.69 Å². The van der Waals surface area contributed by atoms with Gasteiger partial charge in [0.2, 0.25) is 6.79 Å². The van der Waals surface area contributed by atoms with Gasteiger partial charge in [-0.1, -0.05) is 0 Å². The zero-order valence-electron chi connectivity index (χ0n) is 11.2. The van der Waals surface area contributed by atoms with Gasteiger partial charge in [0.15, 0.2) is 11.5 Å². The van der Waals surface area contributed by atoms with Crippen molar-refractivity contribution in [1.82, 2.24) is 4.98 Å². The molecule has 0 aliphatic carbocycles. The molecule has 1 aliphatic rings. The average molecular weight is 279 g/mol. The van der Waals surface area contributed by atoms with Crippen LogP contribution in [0.1, 0.15) is 0 Å². The molecule has 2 heterocycles. The number of rotatable bonds is 2. The van der Waals surface area contributed by atoms with Gasteiger partial charge in [-0.05, 0) is 36.4 Å². The fourth-order valence-electron chi connectivity index (χ4n) is 2.43. The number of nitrogen functional groups attached to an aromatic ring is 1. The Hall–Kier alpha value is -2.95. The van der Waals surface area contributed by atoms with E-state index in [1.165, 1.54) is 0 Å². The molecule has 5 heteroatoms. The Morgan fingerprint density at radius 1 is 1.05 bits per heavy atom. The molecule has 4 rings (SSSR count). The van der Waals surface area contributed by atoms with Crippen molar-refractivity contribution in [2.45, 2.75) is 0 Å². The van der Waals surface area contributed by atoms with E-state index in [0.717, 1.165) is 33.8 Å². The van der Waals surface area contributed by atoms with E-state index in [4.69, 9.17) is 15.2 Å². The van der Waals surface area contributed by atoms with Gasteiger partial charge >= 0.3 is 0 Å². The van der Waals surface area contributed by atoms with E-state index < -0.39 is 0 Å². The lowest BCUT2D eigenvalue weighted by Crippen LogP contribution is -1.95. The number of aromatic nitrogens is 1. The minimum Gasteiger partial charge on any atom is -0.454 e. The molecule has 0 atom stereocenters. The normalized spacial score (nSPS) is 12.6. The van der Waals surface area contributed by atoms with Gasteiger partial charge in [-0.2, -0.15) is 0 Å². The standard InChI is InChI=1S/C16H13N3O2/c17-12-4-5-13(11-2-1-7-18-16(11)12)19-10-3-6-14-15(8-10)21-9-20-14/h1-8,19H,9,17H2. The van der Waals surface area contributed by atoms with Crippen LogP contribution >= 0.6 is 0 Å². The molecule has 0 radical (unpaired) electrons. The first-order chi connectivity index (χ1) is 10.3. The van der Waals surface area contributed by atoms with E-state index in [-0.39, 0.29) is 6.79 Å². The highest BCUT2D eigenvalue weighted by Gasteiger charge is 2.13. The number of fused-ring (bicyclic) bond motifs is 2. The van der Waals surface area contributed by atoms with Crippen molar-refractivity contribution in [1.29, 1.82) is 0 Å². The molecule has 0 bridgehead atoms. The molecule has 1 aliphatic heterocycles. The Morgan fingerprint density at radius 2 is 1.95 bits per heavy atom. The van der Waals surface area contributed by atoms with Crippen molar-refractivity contribution in [3.63, 3.8) is 0 Å².